The fraction of sp³-hybridized carbons (Fsp3) is 1.00. The largest absolute Gasteiger partial charge is 0.391 e. The molecule has 0 aromatic rings. The molecule has 0 fully saturated rings. The zero-order valence-electron chi connectivity index (χ0n) is 12.9. The van der Waals surface area contributed by atoms with Gasteiger partial charge in [-0.25, -0.2) is 0 Å². The maximum absolute atomic E-state index is 6.34. The SMILES string of the molecule is CCC(C)O[Si](CC)(CC(C)C)OC(C)CC. The average Bonchev–Trinajstić information content (AvgIpc) is 2.27. The van der Waals surface area contributed by atoms with Crippen molar-refractivity contribution in [3.05, 3.63) is 0 Å². The van der Waals surface area contributed by atoms with E-state index in [1.807, 2.05) is 0 Å². The Morgan fingerprint density at radius 2 is 1.24 bits per heavy atom. The lowest BCUT2D eigenvalue weighted by Crippen LogP contribution is -2.47. The summed E-state index contributed by atoms with van der Waals surface area (Å²) in [5.74, 6) is 0.648. The second kappa shape index (κ2) is 8.28. The predicted molar refractivity (Wildman–Crippen MR) is 77.6 cm³/mol. The van der Waals surface area contributed by atoms with Crippen LogP contribution in [0.5, 0.6) is 0 Å². The Morgan fingerprint density at radius 3 is 1.47 bits per heavy atom. The van der Waals surface area contributed by atoms with Crippen LogP contribution < -0.4 is 0 Å². The van der Waals surface area contributed by atoms with Crippen LogP contribution in [0.1, 0.15) is 61.3 Å². The summed E-state index contributed by atoms with van der Waals surface area (Å²) >= 11 is 0. The first-order chi connectivity index (χ1) is 7.89. The Balaban J connectivity index is 4.73. The van der Waals surface area contributed by atoms with Crippen LogP contribution in [0.15, 0.2) is 0 Å². The van der Waals surface area contributed by atoms with Crippen molar-refractivity contribution in [1.82, 2.24) is 0 Å². The van der Waals surface area contributed by atoms with Crippen molar-refractivity contribution < 1.29 is 8.85 Å². The van der Waals surface area contributed by atoms with E-state index in [1.54, 1.807) is 0 Å². The molecule has 0 aromatic heterocycles. The summed E-state index contributed by atoms with van der Waals surface area (Å²) in [6.07, 6.45) is 2.78. The molecule has 0 radical (unpaired) electrons. The lowest BCUT2D eigenvalue weighted by molar-refractivity contribution is 0.0851. The lowest BCUT2D eigenvalue weighted by Gasteiger charge is -2.36. The van der Waals surface area contributed by atoms with E-state index in [1.165, 1.54) is 0 Å². The molecule has 0 aromatic carbocycles. The Labute approximate surface area is 109 Å². The van der Waals surface area contributed by atoms with Gasteiger partial charge in [0.15, 0.2) is 0 Å². The highest BCUT2D eigenvalue weighted by Crippen LogP contribution is 2.27. The molecule has 2 atom stereocenters. The summed E-state index contributed by atoms with van der Waals surface area (Å²) in [5.41, 5.74) is 0. The molecule has 17 heavy (non-hydrogen) atoms. The zero-order valence-corrected chi connectivity index (χ0v) is 13.9. The fourth-order valence-electron chi connectivity index (χ4n) is 1.96. The molecule has 3 heteroatoms. The summed E-state index contributed by atoms with van der Waals surface area (Å²) in [5, 5.41) is 0. The number of rotatable bonds is 9. The molecule has 0 aliphatic heterocycles. The standard InChI is InChI=1S/C14H32O2Si/c1-8-13(6)15-17(10-3,11-12(4)5)16-14(7)9-2/h12-14H,8-11H2,1-7H3. The highest BCUT2D eigenvalue weighted by Gasteiger charge is 2.39. The van der Waals surface area contributed by atoms with Crippen molar-refractivity contribution in [3.8, 4) is 0 Å². The van der Waals surface area contributed by atoms with Gasteiger partial charge in [-0.2, -0.15) is 0 Å². The summed E-state index contributed by atoms with van der Waals surface area (Å²) in [4.78, 5) is 0. The van der Waals surface area contributed by atoms with E-state index in [0.29, 0.717) is 18.1 Å². The molecule has 0 spiro atoms. The Hall–Kier alpha value is 0.137. The highest BCUT2D eigenvalue weighted by molar-refractivity contribution is 6.67. The molecule has 0 aliphatic carbocycles. The third kappa shape index (κ3) is 6.58. The van der Waals surface area contributed by atoms with E-state index in [0.717, 1.165) is 24.9 Å². The molecule has 104 valence electrons. The third-order valence-corrected chi connectivity index (χ3v) is 7.42. The quantitative estimate of drug-likeness (QED) is 0.558. The second-order valence-electron chi connectivity index (χ2n) is 5.54. The third-order valence-electron chi connectivity index (χ3n) is 3.24. The van der Waals surface area contributed by atoms with Gasteiger partial charge >= 0.3 is 8.56 Å². The normalized spacial score (nSPS) is 19.1. The zero-order chi connectivity index (χ0) is 13.5. The van der Waals surface area contributed by atoms with Crippen molar-refractivity contribution in [2.75, 3.05) is 0 Å². The van der Waals surface area contributed by atoms with E-state index in [4.69, 9.17) is 8.85 Å². The molecular formula is C14H32O2Si. The Bertz CT molecular complexity index is 183. The lowest BCUT2D eigenvalue weighted by atomic mass is 10.3. The predicted octanol–water partition coefficient (Wildman–Crippen LogP) is 4.73. The second-order valence-corrected chi connectivity index (χ2v) is 8.94. The number of hydrogen-bond donors (Lipinski definition) is 0. The number of hydrogen-bond acceptors (Lipinski definition) is 2. The summed E-state index contributed by atoms with van der Waals surface area (Å²) < 4.78 is 12.7. The molecule has 0 bridgehead atoms. The first-order valence-electron chi connectivity index (χ1n) is 7.24. The molecule has 0 N–H and O–H groups in total. The van der Waals surface area contributed by atoms with Crippen LogP contribution in [-0.2, 0) is 8.85 Å². The van der Waals surface area contributed by atoms with Gasteiger partial charge in [0.1, 0.15) is 0 Å². The van der Waals surface area contributed by atoms with E-state index in [2.05, 4.69) is 48.5 Å². The van der Waals surface area contributed by atoms with Crippen LogP contribution in [-0.4, -0.2) is 20.8 Å². The molecule has 0 amide bonds. The molecule has 2 nitrogen and oxygen atoms in total. The van der Waals surface area contributed by atoms with Gasteiger partial charge in [0, 0.05) is 12.2 Å². The monoisotopic (exact) mass is 260 g/mol. The minimum absolute atomic E-state index is 0.324. The van der Waals surface area contributed by atoms with Gasteiger partial charge in [-0.15, -0.1) is 0 Å². The van der Waals surface area contributed by atoms with E-state index >= 15 is 0 Å². The van der Waals surface area contributed by atoms with Crippen LogP contribution in [0, 0.1) is 5.92 Å². The van der Waals surface area contributed by atoms with Gasteiger partial charge in [-0.1, -0.05) is 34.6 Å². The van der Waals surface area contributed by atoms with Gasteiger partial charge in [0.05, 0.1) is 0 Å². The molecule has 0 saturated carbocycles. The highest BCUT2D eigenvalue weighted by atomic mass is 28.4. The van der Waals surface area contributed by atoms with Gasteiger partial charge in [0.2, 0.25) is 0 Å². The van der Waals surface area contributed by atoms with E-state index < -0.39 is 8.56 Å². The van der Waals surface area contributed by atoms with Crippen LogP contribution in [0.4, 0.5) is 0 Å². The fourth-order valence-corrected chi connectivity index (χ4v) is 5.87. The first-order valence-corrected chi connectivity index (χ1v) is 9.47. The molecule has 0 aliphatic rings. The summed E-state index contributed by atoms with van der Waals surface area (Å²) in [6, 6.07) is 2.16. The van der Waals surface area contributed by atoms with Crippen molar-refractivity contribution in [1.29, 1.82) is 0 Å². The van der Waals surface area contributed by atoms with Crippen LogP contribution >= 0.6 is 0 Å². The molecule has 0 heterocycles. The minimum Gasteiger partial charge on any atom is -0.391 e. The summed E-state index contributed by atoms with van der Waals surface area (Å²) in [6.45, 7) is 15.4. The maximum Gasteiger partial charge on any atom is 0.338 e. The van der Waals surface area contributed by atoms with Crippen LogP contribution in [0.25, 0.3) is 0 Å². The smallest absolute Gasteiger partial charge is 0.338 e. The van der Waals surface area contributed by atoms with Gasteiger partial charge < -0.3 is 8.85 Å². The minimum atomic E-state index is -2.00. The topological polar surface area (TPSA) is 18.5 Å². The molecule has 0 saturated heterocycles. The Morgan fingerprint density at radius 1 is 0.824 bits per heavy atom. The van der Waals surface area contributed by atoms with Crippen molar-refractivity contribution in [2.45, 2.75) is 85.6 Å². The van der Waals surface area contributed by atoms with Gasteiger partial charge in [0.25, 0.3) is 0 Å². The van der Waals surface area contributed by atoms with Crippen LogP contribution in [0.2, 0.25) is 12.1 Å². The average molecular weight is 260 g/mol. The van der Waals surface area contributed by atoms with Crippen molar-refractivity contribution in [2.24, 2.45) is 5.92 Å². The first kappa shape index (κ1) is 17.1. The van der Waals surface area contributed by atoms with E-state index in [9.17, 15) is 0 Å². The molecule has 0 rings (SSSR count). The molecular weight excluding hydrogens is 228 g/mol. The van der Waals surface area contributed by atoms with Crippen molar-refractivity contribution in [3.63, 3.8) is 0 Å². The maximum atomic E-state index is 6.34. The molecule has 2 unspecified atom stereocenters. The van der Waals surface area contributed by atoms with Crippen LogP contribution in [0.3, 0.4) is 0 Å². The van der Waals surface area contributed by atoms with Gasteiger partial charge in [-0.3, -0.25) is 0 Å². The van der Waals surface area contributed by atoms with Crippen molar-refractivity contribution >= 4 is 8.56 Å². The summed E-state index contributed by atoms with van der Waals surface area (Å²) in [7, 11) is -2.00. The van der Waals surface area contributed by atoms with Gasteiger partial charge in [-0.05, 0) is 44.7 Å². The Kier molecular flexibility index (Phi) is 8.34. The van der Waals surface area contributed by atoms with E-state index in [-0.39, 0.29) is 0 Å².